The minimum absolute atomic E-state index is 0. The molecule has 0 atom stereocenters. The van der Waals surface area contributed by atoms with Crippen LogP contribution in [0, 0.1) is 12.8 Å². The first-order valence-electron chi connectivity index (χ1n) is 8.76. The topological polar surface area (TPSA) is 63.2 Å². The zero-order valence-electron chi connectivity index (χ0n) is 16.1. The summed E-state index contributed by atoms with van der Waals surface area (Å²) < 4.78 is 10.2. The number of aliphatic imine (C=N–C) groups is 1. The number of carbonyl (C=O) groups excluding carboxylic acids is 1. The van der Waals surface area contributed by atoms with E-state index in [9.17, 15) is 4.79 Å². The maximum atomic E-state index is 11.6. The summed E-state index contributed by atoms with van der Waals surface area (Å²) in [6.45, 7) is 4.48. The highest BCUT2D eigenvalue weighted by Gasteiger charge is 2.26. The summed E-state index contributed by atoms with van der Waals surface area (Å²) >= 11 is 0. The predicted molar refractivity (Wildman–Crippen MR) is 115 cm³/mol. The summed E-state index contributed by atoms with van der Waals surface area (Å²) in [6.07, 6.45) is 2.51. The summed E-state index contributed by atoms with van der Waals surface area (Å²) in [5, 5.41) is 3.42. The summed E-state index contributed by atoms with van der Waals surface area (Å²) in [7, 11) is 4.95. The van der Waals surface area contributed by atoms with Crippen molar-refractivity contribution in [1.29, 1.82) is 0 Å². The van der Waals surface area contributed by atoms with E-state index in [1.165, 1.54) is 12.7 Å². The van der Waals surface area contributed by atoms with Crippen molar-refractivity contribution < 1.29 is 14.3 Å². The maximum absolute atomic E-state index is 11.6. The molecule has 1 fully saturated rings. The van der Waals surface area contributed by atoms with Gasteiger partial charge in [-0.3, -0.25) is 9.79 Å². The minimum atomic E-state index is -0.101. The molecule has 1 aromatic carbocycles. The Kier molecular flexibility index (Phi) is 9.75. The average Bonchev–Trinajstić information content (AvgIpc) is 2.66. The number of methoxy groups -OCH3 is 2. The van der Waals surface area contributed by atoms with E-state index in [0.717, 1.165) is 56.2 Å². The second-order valence-corrected chi connectivity index (χ2v) is 6.31. The van der Waals surface area contributed by atoms with Gasteiger partial charge >= 0.3 is 5.97 Å². The molecule has 26 heavy (non-hydrogen) atoms. The lowest BCUT2D eigenvalue weighted by Crippen LogP contribution is -2.47. The number of aryl methyl sites for hydroxylation is 1. The fourth-order valence-corrected chi connectivity index (χ4v) is 3.16. The number of hydrogen-bond acceptors (Lipinski definition) is 4. The van der Waals surface area contributed by atoms with Gasteiger partial charge in [0, 0.05) is 26.7 Å². The predicted octanol–water partition coefficient (Wildman–Crippen LogP) is 2.62. The van der Waals surface area contributed by atoms with Crippen LogP contribution in [0.5, 0.6) is 5.75 Å². The van der Waals surface area contributed by atoms with E-state index in [1.54, 1.807) is 14.2 Å². The van der Waals surface area contributed by atoms with Crippen molar-refractivity contribution in [2.45, 2.75) is 26.2 Å². The van der Waals surface area contributed by atoms with Gasteiger partial charge in [0.05, 0.1) is 20.1 Å². The van der Waals surface area contributed by atoms with Crippen LogP contribution in [0.1, 0.15) is 24.0 Å². The second-order valence-electron chi connectivity index (χ2n) is 6.31. The summed E-state index contributed by atoms with van der Waals surface area (Å²) in [5.74, 6) is 1.73. The first-order valence-corrected chi connectivity index (χ1v) is 8.76. The number of ether oxygens (including phenoxy) is 2. The monoisotopic (exact) mass is 475 g/mol. The lowest BCUT2D eigenvalue weighted by molar-refractivity contribution is -0.146. The molecule has 2 rings (SSSR count). The number of nitrogens with zero attached hydrogens (tertiary/aromatic N) is 2. The van der Waals surface area contributed by atoms with Gasteiger partial charge in [-0.15, -0.1) is 24.0 Å². The van der Waals surface area contributed by atoms with E-state index in [1.807, 2.05) is 6.92 Å². The molecule has 1 aliphatic rings. The quantitative estimate of drug-likeness (QED) is 0.307. The molecule has 0 spiro atoms. The smallest absolute Gasteiger partial charge is 0.308 e. The van der Waals surface area contributed by atoms with Crippen molar-refractivity contribution in [2.75, 3.05) is 40.9 Å². The molecule has 0 radical (unpaired) electrons. The highest BCUT2D eigenvalue weighted by molar-refractivity contribution is 14.0. The molecule has 146 valence electrons. The zero-order chi connectivity index (χ0) is 18.2. The van der Waals surface area contributed by atoms with Gasteiger partial charge in [-0.25, -0.2) is 0 Å². The van der Waals surface area contributed by atoms with E-state index in [-0.39, 0.29) is 35.9 Å². The summed E-state index contributed by atoms with van der Waals surface area (Å²) in [4.78, 5) is 18.2. The Morgan fingerprint density at radius 3 is 2.58 bits per heavy atom. The zero-order valence-corrected chi connectivity index (χ0v) is 18.4. The number of rotatable bonds is 5. The van der Waals surface area contributed by atoms with Gasteiger partial charge in [0.2, 0.25) is 0 Å². The van der Waals surface area contributed by atoms with E-state index in [2.05, 4.69) is 33.4 Å². The third-order valence-corrected chi connectivity index (χ3v) is 4.71. The molecular formula is C19H30IN3O3. The minimum Gasteiger partial charge on any atom is -0.496 e. The Morgan fingerprint density at radius 2 is 2.00 bits per heavy atom. The first-order chi connectivity index (χ1) is 12.1. The SMILES string of the molecule is CN=C(NCCc1ccc(C)c(OC)c1)N1CCC(C(=O)OC)CC1.I. The van der Waals surface area contributed by atoms with E-state index in [4.69, 9.17) is 9.47 Å². The fraction of sp³-hybridized carbons (Fsp3) is 0.579. The summed E-state index contributed by atoms with van der Waals surface area (Å²) in [5.41, 5.74) is 2.37. The standard InChI is InChI=1S/C19H29N3O3.HI/c1-14-5-6-15(13-17(14)24-3)7-10-21-19(20-2)22-11-8-16(9-12-22)18(23)25-4;/h5-6,13,16H,7-12H2,1-4H3,(H,20,21);1H. The molecule has 0 amide bonds. The molecule has 7 heteroatoms. The lowest BCUT2D eigenvalue weighted by atomic mass is 9.97. The van der Waals surface area contributed by atoms with Gasteiger partial charge in [-0.05, 0) is 43.4 Å². The van der Waals surface area contributed by atoms with Crippen LogP contribution in [0.25, 0.3) is 0 Å². The largest absolute Gasteiger partial charge is 0.496 e. The van der Waals surface area contributed by atoms with Gasteiger partial charge in [-0.1, -0.05) is 12.1 Å². The van der Waals surface area contributed by atoms with Crippen LogP contribution < -0.4 is 10.1 Å². The molecule has 6 nitrogen and oxygen atoms in total. The van der Waals surface area contributed by atoms with Crippen molar-refractivity contribution >= 4 is 35.9 Å². The molecule has 0 aromatic heterocycles. The molecule has 0 saturated carbocycles. The van der Waals surface area contributed by atoms with Crippen LogP contribution >= 0.6 is 24.0 Å². The van der Waals surface area contributed by atoms with Crippen LogP contribution in [0.4, 0.5) is 0 Å². The van der Waals surface area contributed by atoms with Crippen LogP contribution in [0.3, 0.4) is 0 Å². The number of halogens is 1. The van der Waals surface area contributed by atoms with E-state index < -0.39 is 0 Å². The molecule has 1 heterocycles. The molecular weight excluding hydrogens is 445 g/mol. The average molecular weight is 475 g/mol. The number of guanidine groups is 1. The number of piperidine rings is 1. The highest BCUT2D eigenvalue weighted by Crippen LogP contribution is 2.20. The van der Waals surface area contributed by atoms with Crippen LogP contribution in [0.2, 0.25) is 0 Å². The highest BCUT2D eigenvalue weighted by atomic mass is 127. The van der Waals surface area contributed by atoms with Crippen molar-refractivity contribution in [2.24, 2.45) is 10.9 Å². The third kappa shape index (κ3) is 6.03. The second kappa shape index (κ2) is 11.3. The van der Waals surface area contributed by atoms with Crippen molar-refractivity contribution in [3.8, 4) is 5.75 Å². The van der Waals surface area contributed by atoms with Crippen LogP contribution in [0.15, 0.2) is 23.2 Å². The van der Waals surface area contributed by atoms with Crippen LogP contribution in [-0.2, 0) is 16.0 Å². The van der Waals surface area contributed by atoms with Gasteiger partial charge in [0.1, 0.15) is 5.75 Å². The maximum Gasteiger partial charge on any atom is 0.308 e. The van der Waals surface area contributed by atoms with E-state index in [0.29, 0.717) is 0 Å². The van der Waals surface area contributed by atoms with Crippen molar-refractivity contribution in [3.63, 3.8) is 0 Å². The van der Waals surface area contributed by atoms with Crippen molar-refractivity contribution in [1.82, 2.24) is 10.2 Å². The molecule has 1 aromatic rings. The Bertz CT molecular complexity index is 614. The Morgan fingerprint density at radius 1 is 1.31 bits per heavy atom. The molecule has 1 N–H and O–H groups in total. The molecule has 0 unspecified atom stereocenters. The molecule has 0 bridgehead atoms. The fourth-order valence-electron chi connectivity index (χ4n) is 3.16. The number of hydrogen-bond donors (Lipinski definition) is 1. The van der Waals surface area contributed by atoms with Gasteiger partial charge < -0.3 is 19.7 Å². The molecule has 0 aliphatic carbocycles. The summed E-state index contributed by atoms with van der Waals surface area (Å²) in [6, 6.07) is 6.30. The van der Waals surface area contributed by atoms with E-state index >= 15 is 0 Å². The number of benzene rings is 1. The van der Waals surface area contributed by atoms with Crippen LogP contribution in [-0.4, -0.2) is 57.7 Å². The van der Waals surface area contributed by atoms with Gasteiger partial charge in [-0.2, -0.15) is 0 Å². The van der Waals surface area contributed by atoms with Gasteiger partial charge in [0.15, 0.2) is 5.96 Å². The Labute approximate surface area is 173 Å². The third-order valence-electron chi connectivity index (χ3n) is 4.71. The number of likely N-dealkylation sites (tertiary alicyclic amines) is 1. The molecule has 1 aliphatic heterocycles. The first kappa shape index (κ1) is 22.5. The number of carbonyl (C=O) groups is 1. The molecule has 1 saturated heterocycles. The Balaban J connectivity index is 0.00000338. The number of nitrogens with one attached hydrogen (secondary N) is 1. The number of esters is 1. The van der Waals surface area contributed by atoms with Gasteiger partial charge in [0.25, 0.3) is 0 Å². The van der Waals surface area contributed by atoms with Crippen molar-refractivity contribution in [3.05, 3.63) is 29.3 Å². The Hall–Kier alpha value is -1.51. The normalized spacial score (nSPS) is 15.2. The lowest BCUT2D eigenvalue weighted by Gasteiger charge is -2.33.